The maximum absolute atomic E-state index is 15.5. The average Bonchev–Trinajstić information content (AvgIpc) is 1.53. The monoisotopic (exact) mass is 1400 g/mol. The van der Waals surface area contributed by atoms with Gasteiger partial charge in [-0.1, -0.05) is 146 Å². The van der Waals surface area contributed by atoms with Crippen LogP contribution in [0.15, 0.2) is 17.8 Å². The molecule has 5 saturated carbocycles. The molecular formula is C70H113N11O14S2. The van der Waals surface area contributed by atoms with Crippen molar-refractivity contribution in [2.24, 2.45) is 50.5 Å². The van der Waals surface area contributed by atoms with Gasteiger partial charge in [-0.2, -0.15) is 0 Å². The topological polar surface area (TPSA) is 354 Å². The number of sulfone groups is 1. The lowest BCUT2D eigenvalue weighted by Crippen LogP contribution is -2.68. The van der Waals surface area contributed by atoms with Crippen LogP contribution in [0.1, 0.15) is 225 Å². The van der Waals surface area contributed by atoms with E-state index in [1.807, 2.05) is 34.6 Å². The predicted molar refractivity (Wildman–Crippen MR) is 369 cm³/mol. The van der Waals surface area contributed by atoms with E-state index in [9.17, 15) is 42.7 Å². The van der Waals surface area contributed by atoms with Gasteiger partial charge in [-0.3, -0.25) is 42.6 Å². The van der Waals surface area contributed by atoms with Gasteiger partial charge in [-0.15, -0.1) is 11.5 Å². The van der Waals surface area contributed by atoms with Gasteiger partial charge in [0.2, 0.25) is 35.2 Å². The summed E-state index contributed by atoms with van der Waals surface area (Å²) < 4.78 is 43.1. The van der Waals surface area contributed by atoms with Gasteiger partial charge in [0, 0.05) is 31.4 Å². The SMILES string of the molecule is C=CCNC(=O)C(=O)C(CCCC)NC(=O)C1C2C(CN1C(=O)C(NC(=O)NC1(C3(N=O)CCCS3=O)CCCCC1)C(C)(C)C)C2(C)CC(C)(C)S(=O)(=O)CC1(NC(=O)NC(C(=O)N2CC3C(C2C(=O)NC(CCCC)C(=O)C(=O)NC2CC2)C3(C)C)C(C)(C)C)CCCCC1. The van der Waals surface area contributed by atoms with Crippen LogP contribution in [-0.2, 0) is 59.0 Å². The molecule has 0 aromatic heterocycles. The van der Waals surface area contributed by atoms with Crippen LogP contribution in [-0.4, -0.2) is 176 Å². The summed E-state index contributed by atoms with van der Waals surface area (Å²) in [6, 6.07) is -8.82. The largest absolute Gasteiger partial charge is 0.347 e. The molecule has 3 heterocycles. The molecule has 3 aliphatic heterocycles. The second-order valence-corrected chi connectivity index (χ2v) is 37.7. The Labute approximate surface area is 576 Å². The van der Waals surface area contributed by atoms with E-state index < -0.39 is 170 Å². The van der Waals surface area contributed by atoms with Crippen LogP contribution in [0.4, 0.5) is 9.59 Å². The number of nitrogens with zero attached hydrogens (tertiary/aromatic N) is 3. The number of nitrogens with one attached hydrogen (secondary N) is 8. The Morgan fingerprint density at radius 2 is 1.12 bits per heavy atom. The Balaban J connectivity index is 1.02. The summed E-state index contributed by atoms with van der Waals surface area (Å²) in [5, 5.41) is 26.4. The highest BCUT2D eigenvalue weighted by atomic mass is 32.2. The number of piperidine rings is 2. The van der Waals surface area contributed by atoms with E-state index in [2.05, 4.69) is 54.3 Å². The number of amides is 10. The molecule has 8 aliphatic rings. The van der Waals surface area contributed by atoms with Crippen LogP contribution in [0.25, 0.3) is 0 Å². The number of hydrogen-bond acceptors (Lipinski definition) is 15. The number of ketones is 2. The second kappa shape index (κ2) is 29.4. The van der Waals surface area contributed by atoms with Crippen LogP contribution in [0.2, 0.25) is 0 Å². The number of nitroso groups, excluding NO2 is 1. The summed E-state index contributed by atoms with van der Waals surface area (Å²) in [5.41, 5.74) is -5.72. The number of urea groups is 2. The number of carbonyl (C=O) groups excluding carboxylic acids is 10. The lowest BCUT2D eigenvalue weighted by Gasteiger charge is -2.46. The summed E-state index contributed by atoms with van der Waals surface area (Å²) in [5.74, 6) is -7.43. The molecule has 97 heavy (non-hydrogen) atoms. The Morgan fingerprint density at radius 1 is 0.639 bits per heavy atom. The summed E-state index contributed by atoms with van der Waals surface area (Å²) in [6.45, 7) is 27.4. The third kappa shape index (κ3) is 16.0. The molecule has 0 aromatic carbocycles. The molecule has 3 saturated heterocycles. The van der Waals surface area contributed by atoms with E-state index in [1.54, 1.807) is 55.4 Å². The van der Waals surface area contributed by atoms with Crippen molar-refractivity contribution in [3.05, 3.63) is 17.6 Å². The quantitative estimate of drug-likeness (QED) is 0.0219. The first-order valence-corrected chi connectivity index (χ1v) is 38.9. The van der Waals surface area contributed by atoms with Gasteiger partial charge in [0.05, 0.1) is 44.5 Å². The first-order chi connectivity index (χ1) is 45.3. The highest BCUT2D eigenvalue weighted by molar-refractivity contribution is 7.92. The molecule has 27 heteroatoms. The lowest BCUT2D eigenvalue weighted by atomic mass is 9.74. The highest BCUT2D eigenvalue weighted by Gasteiger charge is 2.74. The van der Waals surface area contributed by atoms with Crippen LogP contribution < -0.4 is 42.5 Å². The third-order valence-corrected chi connectivity index (χ3v) is 28.1. The van der Waals surface area contributed by atoms with E-state index in [1.165, 1.54) is 15.9 Å². The molecule has 13 atom stereocenters. The zero-order chi connectivity index (χ0) is 71.8. The zero-order valence-electron chi connectivity index (χ0n) is 59.9. The van der Waals surface area contributed by atoms with E-state index in [0.29, 0.717) is 83.5 Å². The molecule has 544 valence electrons. The molecule has 5 aliphatic carbocycles. The number of likely N-dealkylation sites (tertiary alicyclic amines) is 2. The van der Waals surface area contributed by atoms with Crippen LogP contribution in [0.3, 0.4) is 0 Å². The van der Waals surface area contributed by atoms with Crippen molar-refractivity contribution in [3.63, 3.8) is 0 Å². The molecule has 0 aromatic rings. The predicted octanol–water partition coefficient (Wildman–Crippen LogP) is 6.42. The number of carbonyl (C=O) groups is 10. The third-order valence-electron chi connectivity index (χ3n) is 23.3. The smallest absolute Gasteiger partial charge is 0.316 e. The molecule has 8 fully saturated rings. The van der Waals surface area contributed by atoms with E-state index in [-0.39, 0.29) is 74.4 Å². The van der Waals surface area contributed by atoms with Gasteiger partial charge in [0.15, 0.2) is 14.7 Å². The summed E-state index contributed by atoms with van der Waals surface area (Å²) in [6.07, 6.45) is 11.8. The van der Waals surface area contributed by atoms with Crippen molar-refractivity contribution in [3.8, 4) is 0 Å². The Morgan fingerprint density at radius 3 is 1.59 bits per heavy atom. The van der Waals surface area contributed by atoms with Crippen molar-refractivity contribution in [1.82, 2.24) is 52.3 Å². The fraction of sp³-hybridized carbons (Fsp3) is 0.829. The number of hydrogen-bond donors (Lipinski definition) is 8. The lowest BCUT2D eigenvalue weighted by molar-refractivity contribution is -0.145. The molecule has 0 spiro atoms. The van der Waals surface area contributed by atoms with Gasteiger partial charge in [0.1, 0.15) is 24.2 Å². The Hall–Kier alpha value is -5.86. The van der Waals surface area contributed by atoms with Crippen molar-refractivity contribution >= 4 is 79.7 Å². The minimum atomic E-state index is -4.23. The fourth-order valence-electron chi connectivity index (χ4n) is 17.3. The maximum Gasteiger partial charge on any atom is 0.316 e. The number of unbranched alkanes of at least 4 members (excludes halogenated alkanes) is 2. The number of fused-ring (bicyclic) bond motifs is 2. The van der Waals surface area contributed by atoms with Crippen molar-refractivity contribution in [1.29, 1.82) is 0 Å². The van der Waals surface area contributed by atoms with Crippen LogP contribution >= 0.6 is 0 Å². The van der Waals surface area contributed by atoms with Gasteiger partial charge in [-0.05, 0) is 135 Å². The summed E-state index contributed by atoms with van der Waals surface area (Å²) in [7, 11) is -5.89. The van der Waals surface area contributed by atoms with Crippen LogP contribution in [0, 0.1) is 50.2 Å². The van der Waals surface area contributed by atoms with E-state index in [0.717, 1.165) is 25.7 Å². The normalized spacial score (nSPS) is 28.9. The summed E-state index contributed by atoms with van der Waals surface area (Å²) >= 11 is 0. The standard InChI is InChI=1S/C70H113N11O14S2/c1-15-18-27-45(51(82)57(86)71-36-17-3)73-56(85)50-48-44(39-81(50)60(89)54(64(7,8)9)76-62(91)78-69(33-24-21-25-34-69)70(79-92)35-26-37-96(70)93)67(48,14)40-65(10,11)97(94,95)41-68(31-22-20-23-32-68)77-61(90)75-53(63(4,5)6)59(88)80-38-43-47(66(43,12)13)49(80)55(84)74-46(28-19-16-2)52(83)58(87)72-42-29-30-42/h17,42-50,53-54H,3,15-16,18-41H2,1-2,4-14H3,(H,71,86)(H,72,87)(H,73,85)(H,74,84)(H2,75,77,90)(H2,76,78,91). The molecule has 10 amide bonds. The molecule has 13 unspecified atom stereocenters. The van der Waals surface area contributed by atoms with Gasteiger partial charge in [0.25, 0.3) is 11.8 Å². The van der Waals surface area contributed by atoms with Gasteiger partial charge in [-0.25, -0.2) is 18.0 Å². The average molecular weight is 1400 g/mol. The van der Waals surface area contributed by atoms with Gasteiger partial charge >= 0.3 is 12.1 Å². The van der Waals surface area contributed by atoms with Crippen molar-refractivity contribution in [2.75, 3.05) is 31.1 Å². The minimum Gasteiger partial charge on any atom is -0.347 e. The maximum atomic E-state index is 15.5. The van der Waals surface area contributed by atoms with Gasteiger partial charge < -0.3 is 52.3 Å². The molecule has 0 bridgehead atoms. The molecular weight excluding hydrogens is 1280 g/mol. The highest BCUT2D eigenvalue weighted by Crippen LogP contribution is 2.69. The minimum absolute atomic E-state index is 0.00161. The number of rotatable bonds is 30. The molecule has 0 radical (unpaired) electrons. The van der Waals surface area contributed by atoms with Crippen LogP contribution in [0.5, 0.6) is 0 Å². The Bertz CT molecular complexity index is 3200. The number of Topliss-reactive ketones (excluding diaryl/α,β-unsaturated/α-hetero) is 2. The zero-order valence-corrected chi connectivity index (χ0v) is 61.5. The fourth-order valence-corrected chi connectivity index (χ4v) is 21.2. The first-order valence-electron chi connectivity index (χ1n) is 35.9. The van der Waals surface area contributed by atoms with E-state index in [4.69, 9.17) is 0 Å². The molecule has 8 rings (SSSR count). The Kier molecular flexibility index (Phi) is 23.3. The van der Waals surface area contributed by atoms with E-state index >= 15 is 22.8 Å². The van der Waals surface area contributed by atoms with Crippen molar-refractivity contribution in [2.45, 2.75) is 288 Å². The first kappa shape index (κ1) is 76.9. The van der Waals surface area contributed by atoms with Crippen molar-refractivity contribution < 1.29 is 60.6 Å². The molecule has 8 N–H and O–H groups in total. The summed E-state index contributed by atoms with van der Waals surface area (Å²) in [4.78, 5) is 158. The molecule has 25 nitrogen and oxygen atoms in total. The second-order valence-electron chi connectivity index (χ2n) is 33.3.